The summed E-state index contributed by atoms with van der Waals surface area (Å²) < 4.78 is 1.60. The molecule has 1 aromatic heterocycles. The van der Waals surface area contributed by atoms with Crippen LogP contribution in [0.3, 0.4) is 0 Å². The third kappa shape index (κ3) is 4.82. The van der Waals surface area contributed by atoms with Crippen LogP contribution in [0.1, 0.15) is 18.5 Å². The number of carbonyl (C=O) groups is 1. The number of aryl methyl sites for hydroxylation is 1. The van der Waals surface area contributed by atoms with Gasteiger partial charge in [-0.05, 0) is 13.0 Å². The third-order valence-electron chi connectivity index (χ3n) is 2.94. The topological polar surface area (TPSA) is 68.3 Å². The van der Waals surface area contributed by atoms with E-state index in [9.17, 15) is 9.59 Å². The summed E-state index contributed by atoms with van der Waals surface area (Å²) in [6.07, 6.45) is 0.806. The maximum atomic E-state index is 11.9. The standard InChI is InChI=1S/C13H19N3O2S/c1-10-4-3-5-13(18)16(10)9-7-12(17)15(2)8-6-11(14)19/h3-5H,6-9H2,1-2H3,(H2,14,19). The second-order valence-electron chi connectivity index (χ2n) is 4.44. The Morgan fingerprint density at radius 1 is 1.42 bits per heavy atom. The van der Waals surface area contributed by atoms with Crippen molar-refractivity contribution in [1.82, 2.24) is 9.47 Å². The molecule has 0 fully saturated rings. The molecule has 0 aliphatic carbocycles. The van der Waals surface area contributed by atoms with E-state index in [4.69, 9.17) is 18.0 Å². The number of carbonyl (C=O) groups excluding carboxylic acids is 1. The van der Waals surface area contributed by atoms with Crippen molar-refractivity contribution in [2.24, 2.45) is 5.73 Å². The molecule has 0 aliphatic heterocycles. The molecule has 0 bridgehead atoms. The van der Waals surface area contributed by atoms with Crippen LogP contribution >= 0.6 is 12.2 Å². The van der Waals surface area contributed by atoms with Crippen molar-refractivity contribution in [2.75, 3.05) is 13.6 Å². The number of amides is 1. The summed E-state index contributed by atoms with van der Waals surface area (Å²) in [4.78, 5) is 25.5. The quantitative estimate of drug-likeness (QED) is 0.779. The van der Waals surface area contributed by atoms with E-state index in [1.807, 2.05) is 13.0 Å². The van der Waals surface area contributed by atoms with Crippen LogP contribution in [0.5, 0.6) is 0 Å². The van der Waals surface area contributed by atoms with Crippen LogP contribution in [-0.2, 0) is 11.3 Å². The zero-order valence-electron chi connectivity index (χ0n) is 11.3. The largest absolute Gasteiger partial charge is 0.393 e. The van der Waals surface area contributed by atoms with Crippen LogP contribution in [0.4, 0.5) is 0 Å². The maximum absolute atomic E-state index is 11.9. The zero-order chi connectivity index (χ0) is 14.4. The van der Waals surface area contributed by atoms with Crippen molar-refractivity contribution < 1.29 is 4.79 Å². The molecule has 0 atom stereocenters. The van der Waals surface area contributed by atoms with Gasteiger partial charge in [0.15, 0.2) is 0 Å². The number of rotatable bonds is 6. The molecule has 0 aliphatic rings. The number of nitrogens with zero attached hydrogens (tertiary/aromatic N) is 2. The lowest BCUT2D eigenvalue weighted by atomic mass is 10.3. The van der Waals surface area contributed by atoms with E-state index >= 15 is 0 Å². The van der Waals surface area contributed by atoms with Gasteiger partial charge in [0.25, 0.3) is 5.56 Å². The fourth-order valence-electron chi connectivity index (χ4n) is 1.71. The molecular weight excluding hydrogens is 262 g/mol. The van der Waals surface area contributed by atoms with Gasteiger partial charge in [-0.2, -0.15) is 0 Å². The molecule has 0 aromatic carbocycles. The van der Waals surface area contributed by atoms with E-state index in [1.54, 1.807) is 22.6 Å². The summed E-state index contributed by atoms with van der Waals surface area (Å²) in [6.45, 7) is 2.75. The highest BCUT2D eigenvalue weighted by molar-refractivity contribution is 7.80. The molecular formula is C13H19N3O2S. The fourth-order valence-corrected chi connectivity index (χ4v) is 1.80. The molecule has 1 heterocycles. The summed E-state index contributed by atoms with van der Waals surface area (Å²) in [5.74, 6) is -0.0218. The first kappa shape index (κ1) is 15.4. The predicted molar refractivity (Wildman–Crippen MR) is 79.1 cm³/mol. The van der Waals surface area contributed by atoms with Gasteiger partial charge >= 0.3 is 0 Å². The average molecular weight is 281 g/mol. The van der Waals surface area contributed by atoms with Crippen molar-refractivity contribution in [1.29, 1.82) is 0 Å². The second kappa shape index (κ2) is 7.04. The second-order valence-corrected chi connectivity index (χ2v) is 4.96. The highest BCUT2D eigenvalue weighted by Crippen LogP contribution is 1.99. The van der Waals surface area contributed by atoms with Crippen LogP contribution in [-0.4, -0.2) is 34.0 Å². The van der Waals surface area contributed by atoms with Gasteiger partial charge in [-0.1, -0.05) is 18.3 Å². The van der Waals surface area contributed by atoms with Crippen molar-refractivity contribution in [3.8, 4) is 0 Å². The number of hydrogen-bond acceptors (Lipinski definition) is 3. The first-order valence-electron chi connectivity index (χ1n) is 6.10. The number of hydrogen-bond donors (Lipinski definition) is 1. The monoisotopic (exact) mass is 281 g/mol. The van der Waals surface area contributed by atoms with Gasteiger partial charge < -0.3 is 15.2 Å². The van der Waals surface area contributed by atoms with Gasteiger partial charge in [-0.3, -0.25) is 9.59 Å². The molecule has 1 amide bonds. The Morgan fingerprint density at radius 2 is 2.11 bits per heavy atom. The number of aromatic nitrogens is 1. The summed E-state index contributed by atoms with van der Waals surface area (Å²) in [5, 5.41) is 0. The van der Waals surface area contributed by atoms with Gasteiger partial charge in [0.2, 0.25) is 5.91 Å². The molecule has 1 rings (SSSR count). The molecule has 6 heteroatoms. The number of thiocarbonyl (C=S) groups is 1. The minimum Gasteiger partial charge on any atom is -0.393 e. The smallest absolute Gasteiger partial charge is 0.250 e. The lowest BCUT2D eigenvalue weighted by Crippen LogP contribution is -2.32. The maximum Gasteiger partial charge on any atom is 0.250 e. The molecule has 0 radical (unpaired) electrons. The highest BCUT2D eigenvalue weighted by Gasteiger charge is 2.10. The molecule has 5 nitrogen and oxygen atoms in total. The summed E-state index contributed by atoms with van der Waals surface area (Å²) >= 11 is 4.77. The minimum absolute atomic E-state index is 0.0218. The van der Waals surface area contributed by atoms with Crippen LogP contribution in [0.2, 0.25) is 0 Å². The molecule has 0 saturated heterocycles. The SMILES string of the molecule is Cc1cccc(=O)n1CCC(=O)N(C)CCC(N)=S. The minimum atomic E-state index is -0.0846. The number of pyridine rings is 1. The molecule has 2 N–H and O–H groups in total. The van der Waals surface area contributed by atoms with Gasteiger partial charge in [-0.15, -0.1) is 0 Å². The van der Waals surface area contributed by atoms with E-state index in [1.165, 1.54) is 6.07 Å². The summed E-state index contributed by atoms with van der Waals surface area (Å²) in [7, 11) is 1.71. The lowest BCUT2D eigenvalue weighted by molar-refractivity contribution is -0.130. The molecule has 1 aromatic rings. The normalized spacial score (nSPS) is 10.2. The molecule has 0 unspecified atom stereocenters. The molecule has 104 valence electrons. The Balaban J connectivity index is 2.54. The van der Waals surface area contributed by atoms with E-state index in [0.29, 0.717) is 30.9 Å². The van der Waals surface area contributed by atoms with Gasteiger partial charge in [-0.25, -0.2) is 0 Å². The van der Waals surface area contributed by atoms with Crippen molar-refractivity contribution >= 4 is 23.1 Å². The molecule has 0 saturated carbocycles. The van der Waals surface area contributed by atoms with Crippen molar-refractivity contribution in [2.45, 2.75) is 26.3 Å². The van der Waals surface area contributed by atoms with Crippen molar-refractivity contribution in [3.63, 3.8) is 0 Å². The van der Waals surface area contributed by atoms with Gasteiger partial charge in [0, 0.05) is 44.7 Å². The fraction of sp³-hybridized carbons (Fsp3) is 0.462. The van der Waals surface area contributed by atoms with E-state index < -0.39 is 0 Å². The van der Waals surface area contributed by atoms with Crippen LogP contribution in [0, 0.1) is 6.92 Å². The Kier molecular flexibility index (Phi) is 5.69. The molecule has 19 heavy (non-hydrogen) atoms. The van der Waals surface area contributed by atoms with E-state index in [-0.39, 0.29) is 11.5 Å². The summed E-state index contributed by atoms with van der Waals surface area (Å²) in [5.41, 5.74) is 6.16. The number of nitrogens with two attached hydrogens (primary N) is 1. The Hall–Kier alpha value is -1.69. The Bertz CT molecular complexity index is 525. The van der Waals surface area contributed by atoms with Gasteiger partial charge in [0.1, 0.15) is 0 Å². The van der Waals surface area contributed by atoms with Crippen LogP contribution in [0.25, 0.3) is 0 Å². The molecule has 0 spiro atoms. The van der Waals surface area contributed by atoms with Crippen LogP contribution in [0.15, 0.2) is 23.0 Å². The van der Waals surface area contributed by atoms with E-state index in [0.717, 1.165) is 5.69 Å². The first-order valence-corrected chi connectivity index (χ1v) is 6.51. The van der Waals surface area contributed by atoms with Gasteiger partial charge in [0.05, 0.1) is 4.99 Å². The predicted octanol–water partition coefficient (Wildman–Crippen LogP) is 0.681. The van der Waals surface area contributed by atoms with E-state index in [2.05, 4.69) is 0 Å². The third-order valence-corrected chi connectivity index (χ3v) is 3.14. The van der Waals surface area contributed by atoms with Crippen LogP contribution < -0.4 is 11.3 Å². The first-order chi connectivity index (χ1) is 8.91. The zero-order valence-corrected chi connectivity index (χ0v) is 12.1. The lowest BCUT2D eigenvalue weighted by Gasteiger charge is -2.17. The highest BCUT2D eigenvalue weighted by atomic mass is 32.1. The Labute approximate surface area is 118 Å². The van der Waals surface area contributed by atoms with Crippen molar-refractivity contribution in [3.05, 3.63) is 34.2 Å². The average Bonchev–Trinajstić information content (AvgIpc) is 2.35. The Morgan fingerprint density at radius 3 is 2.68 bits per heavy atom. The summed E-state index contributed by atoms with van der Waals surface area (Å²) in [6, 6.07) is 5.06.